The van der Waals surface area contributed by atoms with Gasteiger partial charge in [0.15, 0.2) is 0 Å². The van der Waals surface area contributed by atoms with Crippen LogP contribution < -0.4 is 10.2 Å². The van der Waals surface area contributed by atoms with Crippen LogP contribution in [0.25, 0.3) is 0 Å². The zero-order valence-electron chi connectivity index (χ0n) is 10.9. The van der Waals surface area contributed by atoms with Crippen molar-refractivity contribution in [1.29, 1.82) is 0 Å². The molecule has 0 radical (unpaired) electrons. The molecule has 0 spiro atoms. The van der Waals surface area contributed by atoms with Crippen LogP contribution >= 0.6 is 0 Å². The molecular formula is C14H20N2O2. The Morgan fingerprint density at radius 1 is 1.44 bits per heavy atom. The second-order valence-corrected chi connectivity index (χ2v) is 4.90. The van der Waals surface area contributed by atoms with Crippen molar-refractivity contribution in [3.63, 3.8) is 0 Å². The molecule has 2 atom stereocenters. The average Bonchev–Trinajstić information content (AvgIpc) is 2.76. The van der Waals surface area contributed by atoms with Crippen LogP contribution in [-0.2, 0) is 4.79 Å². The van der Waals surface area contributed by atoms with Crippen molar-refractivity contribution < 1.29 is 9.90 Å². The Morgan fingerprint density at radius 3 is 2.67 bits per heavy atom. The van der Waals surface area contributed by atoms with Crippen LogP contribution in [0.5, 0.6) is 0 Å². The molecule has 1 heterocycles. The largest absolute Gasteiger partial charge is 0.389 e. The lowest BCUT2D eigenvalue weighted by atomic mass is 10.1. The van der Waals surface area contributed by atoms with Crippen molar-refractivity contribution >= 4 is 11.6 Å². The molecule has 1 amide bonds. The van der Waals surface area contributed by atoms with E-state index < -0.39 is 6.10 Å². The second-order valence-electron chi connectivity index (χ2n) is 4.90. The Balaban J connectivity index is 1.98. The average molecular weight is 248 g/mol. The van der Waals surface area contributed by atoms with Gasteiger partial charge in [-0.05, 0) is 31.0 Å². The summed E-state index contributed by atoms with van der Waals surface area (Å²) < 4.78 is 0. The van der Waals surface area contributed by atoms with Crippen LogP contribution in [0, 0.1) is 0 Å². The zero-order chi connectivity index (χ0) is 13.1. The highest BCUT2D eigenvalue weighted by Crippen LogP contribution is 2.22. The summed E-state index contributed by atoms with van der Waals surface area (Å²) in [5.74, 6) is 0.0336. The normalized spacial score (nSPS) is 20.8. The molecule has 1 aliphatic rings. The minimum absolute atomic E-state index is 0.0336. The predicted molar refractivity (Wildman–Crippen MR) is 71.5 cm³/mol. The third kappa shape index (κ3) is 3.01. The van der Waals surface area contributed by atoms with Crippen LogP contribution in [0.1, 0.15) is 31.9 Å². The number of anilines is 1. The van der Waals surface area contributed by atoms with Crippen LogP contribution in [0.3, 0.4) is 0 Å². The van der Waals surface area contributed by atoms with Gasteiger partial charge in [-0.3, -0.25) is 4.79 Å². The first-order chi connectivity index (χ1) is 8.56. The standard InChI is InChI=1S/C14H20N2O2/c1-10(17)12-3-5-14(6-4-12)16-8-7-13(9-16)15-11(2)18/h3-6,10,13,17H,7-9H2,1-2H3,(H,15,18). The molecule has 1 aliphatic heterocycles. The van der Waals surface area contributed by atoms with E-state index in [0.29, 0.717) is 0 Å². The van der Waals surface area contributed by atoms with Crippen molar-refractivity contribution in [2.45, 2.75) is 32.4 Å². The van der Waals surface area contributed by atoms with Gasteiger partial charge < -0.3 is 15.3 Å². The first-order valence-electron chi connectivity index (χ1n) is 6.36. The summed E-state index contributed by atoms with van der Waals surface area (Å²) in [6.45, 7) is 5.13. The number of rotatable bonds is 3. The summed E-state index contributed by atoms with van der Waals surface area (Å²) in [7, 11) is 0. The molecule has 2 unspecified atom stereocenters. The van der Waals surface area contributed by atoms with Gasteiger partial charge in [-0.25, -0.2) is 0 Å². The van der Waals surface area contributed by atoms with E-state index in [0.717, 1.165) is 30.8 Å². The van der Waals surface area contributed by atoms with E-state index in [4.69, 9.17) is 0 Å². The number of nitrogens with one attached hydrogen (secondary N) is 1. The number of hydrogen-bond donors (Lipinski definition) is 2. The number of carbonyl (C=O) groups is 1. The molecule has 0 aliphatic carbocycles. The molecule has 2 rings (SSSR count). The third-order valence-electron chi connectivity index (χ3n) is 3.34. The van der Waals surface area contributed by atoms with Gasteiger partial charge in [-0.1, -0.05) is 12.1 Å². The van der Waals surface area contributed by atoms with E-state index >= 15 is 0 Å². The molecule has 2 N–H and O–H groups in total. The first-order valence-corrected chi connectivity index (χ1v) is 6.36. The summed E-state index contributed by atoms with van der Waals surface area (Å²) >= 11 is 0. The quantitative estimate of drug-likeness (QED) is 0.851. The van der Waals surface area contributed by atoms with Crippen molar-refractivity contribution in [2.75, 3.05) is 18.0 Å². The van der Waals surface area contributed by atoms with Crippen LogP contribution in [0.4, 0.5) is 5.69 Å². The van der Waals surface area contributed by atoms with E-state index in [9.17, 15) is 9.90 Å². The topological polar surface area (TPSA) is 52.6 Å². The Bertz CT molecular complexity index is 414. The maximum absolute atomic E-state index is 11.0. The molecular weight excluding hydrogens is 228 g/mol. The van der Waals surface area contributed by atoms with Crippen molar-refractivity contribution in [1.82, 2.24) is 5.32 Å². The highest BCUT2D eigenvalue weighted by Gasteiger charge is 2.23. The Labute approximate surface area is 108 Å². The summed E-state index contributed by atoms with van der Waals surface area (Å²) in [5.41, 5.74) is 2.07. The molecule has 98 valence electrons. The number of carbonyl (C=O) groups excluding carboxylic acids is 1. The molecule has 0 bridgehead atoms. The van der Waals surface area contributed by atoms with Gasteiger partial charge >= 0.3 is 0 Å². The van der Waals surface area contributed by atoms with Gasteiger partial charge in [-0.15, -0.1) is 0 Å². The van der Waals surface area contributed by atoms with Crippen molar-refractivity contribution in [3.8, 4) is 0 Å². The van der Waals surface area contributed by atoms with Gasteiger partial charge in [0.25, 0.3) is 0 Å². The number of aliphatic hydroxyl groups excluding tert-OH is 1. The number of hydrogen-bond acceptors (Lipinski definition) is 3. The monoisotopic (exact) mass is 248 g/mol. The first kappa shape index (κ1) is 12.9. The maximum atomic E-state index is 11.0. The fourth-order valence-corrected chi connectivity index (χ4v) is 2.36. The summed E-state index contributed by atoms with van der Waals surface area (Å²) in [6.07, 6.45) is 0.558. The van der Waals surface area contributed by atoms with E-state index in [2.05, 4.69) is 10.2 Å². The van der Waals surface area contributed by atoms with E-state index in [1.807, 2.05) is 24.3 Å². The van der Waals surface area contributed by atoms with Gasteiger partial charge in [0.1, 0.15) is 0 Å². The number of nitrogens with zero attached hydrogens (tertiary/aromatic N) is 1. The number of amides is 1. The fraction of sp³-hybridized carbons (Fsp3) is 0.500. The SMILES string of the molecule is CC(=O)NC1CCN(c2ccc(C(C)O)cc2)C1. The highest BCUT2D eigenvalue weighted by molar-refractivity contribution is 5.73. The summed E-state index contributed by atoms with van der Waals surface area (Å²) in [6, 6.07) is 8.20. The molecule has 18 heavy (non-hydrogen) atoms. The van der Waals surface area contributed by atoms with Gasteiger partial charge in [0.05, 0.1) is 6.10 Å². The maximum Gasteiger partial charge on any atom is 0.217 e. The molecule has 4 heteroatoms. The van der Waals surface area contributed by atoms with Crippen molar-refractivity contribution in [2.24, 2.45) is 0 Å². The fourth-order valence-electron chi connectivity index (χ4n) is 2.36. The Hall–Kier alpha value is -1.55. The van der Waals surface area contributed by atoms with Gasteiger partial charge in [0.2, 0.25) is 5.91 Å². The van der Waals surface area contributed by atoms with E-state index in [1.54, 1.807) is 13.8 Å². The molecule has 1 saturated heterocycles. The van der Waals surface area contributed by atoms with E-state index in [-0.39, 0.29) is 11.9 Å². The molecule has 0 aromatic heterocycles. The molecule has 0 saturated carbocycles. The lowest BCUT2D eigenvalue weighted by Gasteiger charge is -2.19. The Kier molecular flexibility index (Phi) is 3.87. The lowest BCUT2D eigenvalue weighted by molar-refractivity contribution is -0.119. The second kappa shape index (κ2) is 5.40. The molecule has 1 aromatic rings. The molecule has 1 aromatic carbocycles. The predicted octanol–water partition coefficient (Wildman–Crippen LogP) is 1.45. The summed E-state index contributed by atoms with van der Waals surface area (Å²) in [4.78, 5) is 13.3. The number of aliphatic hydroxyl groups is 1. The minimum Gasteiger partial charge on any atom is -0.389 e. The lowest BCUT2D eigenvalue weighted by Crippen LogP contribution is -2.35. The molecule has 1 fully saturated rings. The van der Waals surface area contributed by atoms with Crippen LogP contribution in [0.15, 0.2) is 24.3 Å². The van der Waals surface area contributed by atoms with Crippen molar-refractivity contribution in [3.05, 3.63) is 29.8 Å². The third-order valence-corrected chi connectivity index (χ3v) is 3.34. The van der Waals surface area contributed by atoms with Gasteiger partial charge in [-0.2, -0.15) is 0 Å². The molecule has 4 nitrogen and oxygen atoms in total. The Morgan fingerprint density at radius 2 is 2.11 bits per heavy atom. The van der Waals surface area contributed by atoms with Crippen LogP contribution in [-0.4, -0.2) is 30.1 Å². The van der Waals surface area contributed by atoms with E-state index in [1.165, 1.54) is 0 Å². The number of benzene rings is 1. The highest BCUT2D eigenvalue weighted by atomic mass is 16.3. The zero-order valence-corrected chi connectivity index (χ0v) is 10.9. The van der Waals surface area contributed by atoms with Gasteiger partial charge in [0, 0.05) is 31.7 Å². The van der Waals surface area contributed by atoms with Crippen LogP contribution in [0.2, 0.25) is 0 Å². The smallest absolute Gasteiger partial charge is 0.217 e. The summed E-state index contributed by atoms with van der Waals surface area (Å²) in [5, 5.41) is 12.4. The minimum atomic E-state index is -0.426.